The number of rotatable bonds is 6. The van der Waals surface area contributed by atoms with E-state index in [1.165, 1.54) is 0 Å². The van der Waals surface area contributed by atoms with Gasteiger partial charge in [-0.05, 0) is 43.5 Å². The molecule has 3 heterocycles. The Hall–Kier alpha value is -2.29. The lowest BCUT2D eigenvalue weighted by Crippen LogP contribution is -2.51. The smallest absolute Gasteiger partial charge is 0.335 e. The zero-order valence-electron chi connectivity index (χ0n) is 16.0. The Kier molecular flexibility index (Phi) is 5.18. The van der Waals surface area contributed by atoms with E-state index in [4.69, 9.17) is 4.52 Å². The minimum Gasteiger partial charge on any atom is -0.478 e. The van der Waals surface area contributed by atoms with E-state index in [2.05, 4.69) is 19.9 Å². The van der Waals surface area contributed by atoms with Crippen LogP contribution >= 0.6 is 0 Å². The van der Waals surface area contributed by atoms with Crippen LogP contribution in [0.4, 0.5) is 0 Å². The van der Waals surface area contributed by atoms with Crippen molar-refractivity contribution in [3.8, 4) is 0 Å². The van der Waals surface area contributed by atoms with Crippen molar-refractivity contribution >= 4 is 5.97 Å². The molecular weight excluding hydrogens is 360 g/mol. The van der Waals surface area contributed by atoms with Crippen molar-refractivity contribution < 1.29 is 19.5 Å². The van der Waals surface area contributed by atoms with E-state index >= 15 is 0 Å². The van der Waals surface area contributed by atoms with Crippen LogP contribution in [0.2, 0.25) is 0 Å². The lowest BCUT2D eigenvalue weighted by Gasteiger charge is -2.42. The number of carboxylic acids is 1. The summed E-state index contributed by atoms with van der Waals surface area (Å²) in [4.78, 5) is 20.5. The van der Waals surface area contributed by atoms with Crippen molar-refractivity contribution in [2.75, 3.05) is 39.3 Å². The third-order valence-electron chi connectivity index (χ3n) is 6.02. The summed E-state index contributed by atoms with van der Waals surface area (Å²) in [5.74, 6) is 0.809. The van der Waals surface area contributed by atoms with Gasteiger partial charge in [-0.2, -0.15) is 4.98 Å². The maximum Gasteiger partial charge on any atom is 0.335 e. The number of aromatic nitrogens is 2. The van der Waals surface area contributed by atoms with Gasteiger partial charge >= 0.3 is 5.97 Å². The van der Waals surface area contributed by atoms with E-state index in [-0.39, 0.29) is 12.0 Å². The Morgan fingerprint density at radius 2 is 2.18 bits per heavy atom. The van der Waals surface area contributed by atoms with E-state index < -0.39 is 5.97 Å². The van der Waals surface area contributed by atoms with Gasteiger partial charge in [0, 0.05) is 32.7 Å². The number of carbonyl (C=O) groups is 1. The summed E-state index contributed by atoms with van der Waals surface area (Å²) in [6.45, 7) is 6.71. The van der Waals surface area contributed by atoms with Crippen LogP contribution in [0.15, 0.2) is 28.8 Å². The first-order valence-corrected chi connectivity index (χ1v) is 9.69. The van der Waals surface area contributed by atoms with Gasteiger partial charge in [0.05, 0.1) is 17.6 Å². The monoisotopic (exact) mass is 386 g/mol. The third kappa shape index (κ3) is 3.55. The number of aliphatic hydroxyl groups excluding tert-OH is 1. The van der Waals surface area contributed by atoms with Crippen LogP contribution in [0.3, 0.4) is 0 Å². The number of aryl methyl sites for hydroxylation is 1. The van der Waals surface area contributed by atoms with Gasteiger partial charge in [0.1, 0.15) is 0 Å². The molecule has 0 saturated carbocycles. The number of aliphatic hydroxyl groups is 1. The fourth-order valence-electron chi connectivity index (χ4n) is 4.76. The number of carboxylic acid groups (broad SMARTS) is 1. The molecule has 2 atom stereocenters. The van der Waals surface area contributed by atoms with Crippen LogP contribution in [0, 0.1) is 12.8 Å². The Bertz CT molecular complexity index is 854. The second kappa shape index (κ2) is 7.62. The second-order valence-electron chi connectivity index (χ2n) is 7.96. The number of hydrogen-bond acceptors (Lipinski definition) is 7. The quantitative estimate of drug-likeness (QED) is 0.762. The van der Waals surface area contributed by atoms with Crippen LogP contribution < -0.4 is 0 Å². The molecule has 2 aromatic rings. The average Bonchev–Trinajstić information content (AvgIpc) is 3.26. The predicted octanol–water partition coefficient (Wildman–Crippen LogP) is 1.14. The second-order valence-corrected chi connectivity index (χ2v) is 7.96. The van der Waals surface area contributed by atoms with Crippen molar-refractivity contribution in [2.45, 2.75) is 25.3 Å². The molecule has 0 amide bonds. The summed E-state index contributed by atoms with van der Waals surface area (Å²) >= 11 is 0. The van der Waals surface area contributed by atoms with Gasteiger partial charge in [0.15, 0.2) is 5.82 Å². The normalized spacial score (nSPS) is 25.7. The van der Waals surface area contributed by atoms with Crippen LogP contribution in [0.5, 0.6) is 0 Å². The number of aromatic carboxylic acids is 1. The van der Waals surface area contributed by atoms with Crippen molar-refractivity contribution in [2.24, 2.45) is 5.92 Å². The zero-order chi connectivity index (χ0) is 19.7. The number of β-amino-alcohol motifs (C(OH)–C–C–N with tert-alkyl or cyclic N) is 1. The van der Waals surface area contributed by atoms with Crippen molar-refractivity contribution in [1.82, 2.24) is 19.9 Å². The summed E-state index contributed by atoms with van der Waals surface area (Å²) in [6, 6.07) is 7.12. The molecule has 1 aromatic carbocycles. The molecule has 2 aliphatic rings. The molecule has 28 heavy (non-hydrogen) atoms. The van der Waals surface area contributed by atoms with Crippen LogP contribution in [-0.2, 0) is 12.0 Å². The number of likely N-dealkylation sites (tertiary alicyclic amines) is 2. The SMILES string of the molecule is Cc1noc([C@]23CN(Cc4cccc(C(=O)O)c4)CC[C@H]2CN(CCO)C3)n1. The van der Waals surface area contributed by atoms with Crippen LogP contribution in [0.25, 0.3) is 0 Å². The third-order valence-corrected chi connectivity index (χ3v) is 6.02. The van der Waals surface area contributed by atoms with E-state index in [0.29, 0.717) is 36.3 Å². The Balaban J connectivity index is 1.58. The topological polar surface area (TPSA) is 103 Å². The molecule has 0 unspecified atom stereocenters. The van der Waals surface area contributed by atoms with Gasteiger partial charge in [-0.25, -0.2) is 4.79 Å². The summed E-state index contributed by atoms with van der Waals surface area (Å²) in [5, 5.41) is 22.6. The number of piperidine rings is 1. The van der Waals surface area contributed by atoms with Crippen molar-refractivity contribution in [3.63, 3.8) is 0 Å². The number of fused-ring (bicyclic) bond motifs is 1. The fraction of sp³-hybridized carbons (Fsp3) is 0.550. The summed E-state index contributed by atoms with van der Waals surface area (Å²) in [6.07, 6.45) is 1.00. The summed E-state index contributed by atoms with van der Waals surface area (Å²) in [5.41, 5.74) is 1.05. The van der Waals surface area contributed by atoms with E-state index in [9.17, 15) is 15.0 Å². The van der Waals surface area contributed by atoms with Gasteiger partial charge < -0.3 is 14.7 Å². The van der Waals surface area contributed by atoms with Gasteiger partial charge in [0.25, 0.3) is 0 Å². The molecule has 2 N–H and O–H groups in total. The first-order chi connectivity index (χ1) is 13.5. The molecule has 8 heteroatoms. The zero-order valence-corrected chi connectivity index (χ0v) is 16.0. The van der Waals surface area contributed by atoms with Crippen LogP contribution in [-0.4, -0.2) is 75.5 Å². The van der Waals surface area contributed by atoms with Crippen LogP contribution in [0.1, 0.15) is 34.1 Å². The molecular formula is C20H26N4O4. The molecule has 2 aliphatic heterocycles. The molecule has 0 radical (unpaired) electrons. The van der Waals surface area contributed by atoms with Gasteiger partial charge in [-0.3, -0.25) is 9.80 Å². The Morgan fingerprint density at radius 1 is 1.36 bits per heavy atom. The number of nitrogens with zero attached hydrogens (tertiary/aromatic N) is 4. The average molecular weight is 386 g/mol. The maximum atomic E-state index is 11.3. The highest BCUT2D eigenvalue weighted by molar-refractivity contribution is 5.87. The van der Waals surface area contributed by atoms with E-state index in [0.717, 1.165) is 38.2 Å². The summed E-state index contributed by atoms with van der Waals surface area (Å²) < 4.78 is 5.63. The minimum atomic E-state index is -0.909. The maximum absolute atomic E-state index is 11.3. The first-order valence-electron chi connectivity index (χ1n) is 9.69. The van der Waals surface area contributed by atoms with Gasteiger partial charge in [-0.1, -0.05) is 17.3 Å². The molecule has 2 fully saturated rings. The van der Waals surface area contributed by atoms with E-state index in [1.807, 2.05) is 13.0 Å². The highest BCUT2D eigenvalue weighted by Crippen LogP contribution is 2.44. The molecule has 1 aromatic heterocycles. The molecule has 4 rings (SSSR count). The lowest BCUT2D eigenvalue weighted by molar-refractivity contribution is 0.0696. The summed E-state index contributed by atoms with van der Waals surface area (Å²) in [7, 11) is 0. The first kappa shape index (κ1) is 19.0. The number of hydrogen-bond donors (Lipinski definition) is 2. The molecule has 2 saturated heterocycles. The Morgan fingerprint density at radius 3 is 2.89 bits per heavy atom. The highest BCUT2D eigenvalue weighted by Gasteiger charge is 2.54. The molecule has 0 spiro atoms. The fourth-order valence-corrected chi connectivity index (χ4v) is 4.76. The predicted molar refractivity (Wildman–Crippen MR) is 101 cm³/mol. The van der Waals surface area contributed by atoms with Gasteiger partial charge in [0.2, 0.25) is 5.89 Å². The van der Waals surface area contributed by atoms with Crippen molar-refractivity contribution in [3.05, 3.63) is 47.1 Å². The highest BCUT2D eigenvalue weighted by atomic mass is 16.5. The number of benzene rings is 1. The van der Waals surface area contributed by atoms with Gasteiger partial charge in [-0.15, -0.1) is 0 Å². The molecule has 0 bridgehead atoms. The minimum absolute atomic E-state index is 0.136. The standard InChI is InChI=1S/C20H26N4O4/c1-14-21-19(28-22-14)20-12-23(6-5-17(20)11-24(13-20)7-8-25)10-15-3-2-4-16(9-15)18(26)27/h2-4,9,17,25H,5-8,10-13H2,1H3,(H,26,27)/t17-,20-/m0/s1. The molecule has 150 valence electrons. The van der Waals surface area contributed by atoms with E-state index in [1.54, 1.807) is 18.2 Å². The molecule has 0 aliphatic carbocycles. The largest absolute Gasteiger partial charge is 0.478 e. The van der Waals surface area contributed by atoms with Crippen molar-refractivity contribution in [1.29, 1.82) is 0 Å². The Labute approximate surface area is 163 Å². The lowest BCUT2D eigenvalue weighted by atomic mass is 9.73. The molecule has 8 nitrogen and oxygen atoms in total.